The molecule has 3 heteroatoms. The van der Waals surface area contributed by atoms with Crippen LogP contribution in [-0.2, 0) is 17.6 Å². The summed E-state index contributed by atoms with van der Waals surface area (Å²) in [7, 11) is 0. The van der Waals surface area contributed by atoms with Crippen molar-refractivity contribution < 1.29 is 9.90 Å². The maximum Gasteiger partial charge on any atom is 0.328 e. The van der Waals surface area contributed by atoms with Crippen molar-refractivity contribution in [1.29, 1.82) is 0 Å². The van der Waals surface area contributed by atoms with Gasteiger partial charge in [0, 0.05) is 18.7 Å². The van der Waals surface area contributed by atoms with Crippen LogP contribution in [0.25, 0.3) is 0 Å². The summed E-state index contributed by atoms with van der Waals surface area (Å²) < 4.78 is 0. The first-order valence-corrected chi connectivity index (χ1v) is 6.35. The number of carbonyl (C=O) groups is 1. The summed E-state index contributed by atoms with van der Waals surface area (Å²) in [5, 5.41) is 12.1. The third kappa shape index (κ3) is 3.44. The highest BCUT2D eigenvalue weighted by Gasteiger charge is 2.17. The maximum atomic E-state index is 10.5. The molecule has 0 fully saturated rings. The lowest BCUT2D eigenvalue weighted by Crippen LogP contribution is -2.35. The summed E-state index contributed by atoms with van der Waals surface area (Å²) in [5.74, 6) is -0.872. The van der Waals surface area contributed by atoms with E-state index in [4.69, 9.17) is 5.11 Å². The Bertz CT molecular complexity index is 465. The molecular weight excluding hydrogens is 226 g/mol. The van der Waals surface area contributed by atoms with Crippen molar-refractivity contribution in [3.63, 3.8) is 0 Å². The lowest BCUT2D eigenvalue weighted by atomic mass is 9.88. The Balaban J connectivity index is 1.89. The van der Waals surface area contributed by atoms with E-state index >= 15 is 0 Å². The van der Waals surface area contributed by atoms with Crippen LogP contribution in [-0.4, -0.2) is 23.7 Å². The van der Waals surface area contributed by atoms with Crippen molar-refractivity contribution in [1.82, 2.24) is 5.32 Å². The summed E-state index contributed by atoms with van der Waals surface area (Å²) in [6.07, 6.45) is 4.53. The standard InChI is InChI=1S/C15H19NO2/c1-11(8-15(17)18)10-16-14-7-6-12-4-2-3-5-13(12)9-14/h2-5,8,14,16H,6-7,9-10H2,1H3,(H,17,18)/b11-8-. The van der Waals surface area contributed by atoms with Crippen LogP contribution < -0.4 is 5.32 Å². The van der Waals surface area contributed by atoms with Crippen LogP contribution in [0, 0.1) is 0 Å². The van der Waals surface area contributed by atoms with Gasteiger partial charge in [-0.15, -0.1) is 0 Å². The minimum atomic E-state index is -0.872. The molecule has 0 saturated carbocycles. The van der Waals surface area contributed by atoms with Gasteiger partial charge < -0.3 is 10.4 Å². The molecule has 18 heavy (non-hydrogen) atoms. The summed E-state index contributed by atoms with van der Waals surface area (Å²) in [4.78, 5) is 10.5. The Morgan fingerprint density at radius 3 is 2.89 bits per heavy atom. The van der Waals surface area contributed by atoms with Crippen molar-refractivity contribution in [3.8, 4) is 0 Å². The van der Waals surface area contributed by atoms with Gasteiger partial charge in [0.2, 0.25) is 0 Å². The van der Waals surface area contributed by atoms with E-state index in [1.165, 1.54) is 17.2 Å². The zero-order chi connectivity index (χ0) is 13.0. The van der Waals surface area contributed by atoms with Gasteiger partial charge in [-0.3, -0.25) is 0 Å². The lowest BCUT2D eigenvalue weighted by molar-refractivity contribution is -0.131. The van der Waals surface area contributed by atoms with Crippen LogP contribution in [0.3, 0.4) is 0 Å². The van der Waals surface area contributed by atoms with E-state index < -0.39 is 5.97 Å². The molecule has 0 heterocycles. The number of hydrogen-bond acceptors (Lipinski definition) is 2. The van der Waals surface area contributed by atoms with E-state index in [0.717, 1.165) is 24.8 Å². The van der Waals surface area contributed by atoms with E-state index in [1.54, 1.807) is 0 Å². The van der Waals surface area contributed by atoms with Gasteiger partial charge in [0.1, 0.15) is 0 Å². The topological polar surface area (TPSA) is 49.3 Å². The van der Waals surface area contributed by atoms with Gasteiger partial charge in [-0.1, -0.05) is 29.8 Å². The van der Waals surface area contributed by atoms with Gasteiger partial charge in [-0.05, 0) is 37.3 Å². The van der Waals surface area contributed by atoms with Crippen LogP contribution in [0.5, 0.6) is 0 Å². The van der Waals surface area contributed by atoms with Crippen molar-refractivity contribution in [2.45, 2.75) is 32.2 Å². The Morgan fingerprint density at radius 2 is 2.17 bits per heavy atom. The van der Waals surface area contributed by atoms with Gasteiger partial charge in [0.15, 0.2) is 0 Å². The second-order valence-electron chi connectivity index (χ2n) is 4.92. The van der Waals surface area contributed by atoms with Crippen molar-refractivity contribution in [2.75, 3.05) is 6.54 Å². The summed E-state index contributed by atoms with van der Waals surface area (Å²) in [6, 6.07) is 9.00. The molecule has 3 nitrogen and oxygen atoms in total. The van der Waals surface area contributed by atoms with Gasteiger partial charge in [0.05, 0.1) is 0 Å². The number of rotatable bonds is 4. The average molecular weight is 245 g/mol. The Morgan fingerprint density at radius 1 is 1.44 bits per heavy atom. The van der Waals surface area contributed by atoms with E-state index in [2.05, 4.69) is 29.6 Å². The van der Waals surface area contributed by atoms with Crippen LogP contribution in [0.4, 0.5) is 0 Å². The molecule has 2 N–H and O–H groups in total. The summed E-state index contributed by atoms with van der Waals surface area (Å²) >= 11 is 0. The highest BCUT2D eigenvalue weighted by Crippen LogP contribution is 2.20. The molecule has 0 spiro atoms. The largest absolute Gasteiger partial charge is 0.478 e. The predicted octanol–water partition coefficient (Wildman–Crippen LogP) is 2.16. The van der Waals surface area contributed by atoms with E-state index in [1.807, 2.05) is 6.92 Å². The number of aliphatic carboxylic acids is 1. The molecule has 2 rings (SSSR count). The second-order valence-corrected chi connectivity index (χ2v) is 4.92. The molecule has 1 aliphatic rings. The maximum absolute atomic E-state index is 10.5. The first-order chi connectivity index (χ1) is 8.65. The second kappa shape index (κ2) is 5.83. The molecular formula is C15H19NO2. The fourth-order valence-electron chi connectivity index (χ4n) is 2.44. The minimum Gasteiger partial charge on any atom is -0.478 e. The molecule has 0 amide bonds. The van der Waals surface area contributed by atoms with Gasteiger partial charge in [0.25, 0.3) is 0 Å². The van der Waals surface area contributed by atoms with Crippen molar-refractivity contribution >= 4 is 5.97 Å². The Hall–Kier alpha value is -1.61. The molecule has 1 aromatic rings. The number of aryl methyl sites for hydroxylation is 1. The van der Waals surface area contributed by atoms with Crippen LogP contribution in [0.2, 0.25) is 0 Å². The quantitative estimate of drug-likeness (QED) is 0.799. The summed E-state index contributed by atoms with van der Waals surface area (Å²) in [6.45, 7) is 2.50. The Kier molecular flexibility index (Phi) is 4.15. The monoisotopic (exact) mass is 245 g/mol. The molecule has 1 aromatic carbocycles. The molecule has 0 aliphatic heterocycles. The molecule has 1 aliphatic carbocycles. The SMILES string of the molecule is C/C(=C/C(=O)O)CNC1CCc2ccccc2C1. The number of fused-ring (bicyclic) bond motifs is 1. The predicted molar refractivity (Wildman–Crippen MR) is 71.7 cm³/mol. The normalized spacial score (nSPS) is 19.4. The van der Waals surface area contributed by atoms with E-state index in [9.17, 15) is 4.79 Å². The third-order valence-corrected chi connectivity index (χ3v) is 3.39. The first kappa shape index (κ1) is 12.8. The average Bonchev–Trinajstić information content (AvgIpc) is 2.35. The molecule has 0 aromatic heterocycles. The molecule has 1 unspecified atom stereocenters. The molecule has 1 atom stereocenters. The minimum absolute atomic E-state index is 0.456. The van der Waals surface area contributed by atoms with E-state index in [0.29, 0.717) is 12.6 Å². The van der Waals surface area contributed by atoms with Gasteiger partial charge >= 0.3 is 5.97 Å². The zero-order valence-corrected chi connectivity index (χ0v) is 10.6. The van der Waals surface area contributed by atoms with Crippen molar-refractivity contribution in [2.24, 2.45) is 0 Å². The van der Waals surface area contributed by atoms with Crippen LogP contribution >= 0.6 is 0 Å². The number of nitrogens with one attached hydrogen (secondary N) is 1. The molecule has 0 bridgehead atoms. The summed E-state index contributed by atoms with van der Waals surface area (Å²) in [5.41, 5.74) is 3.73. The van der Waals surface area contributed by atoms with Gasteiger partial charge in [-0.25, -0.2) is 4.79 Å². The highest BCUT2D eigenvalue weighted by atomic mass is 16.4. The number of benzene rings is 1. The number of hydrogen-bond donors (Lipinski definition) is 2. The zero-order valence-electron chi connectivity index (χ0n) is 10.6. The van der Waals surface area contributed by atoms with E-state index in [-0.39, 0.29) is 0 Å². The fraction of sp³-hybridized carbons (Fsp3) is 0.400. The fourth-order valence-corrected chi connectivity index (χ4v) is 2.44. The first-order valence-electron chi connectivity index (χ1n) is 6.35. The lowest BCUT2D eigenvalue weighted by Gasteiger charge is -2.25. The molecule has 0 saturated heterocycles. The van der Waals surface area contributed by atoms with Crippen molar-refractivity contribution in [3.05, 3.63) is 47.0 Å². The number of carboxylic acids is 1. The third-order valence-electron chi connectivity index (χ3n) is 3.39. The number of carboxylic acid groups (broad SMARTS) is 1. The molecule has 96 valence electrons. The smallest absolute Gasteiger partial charge is 0.328 e. The highest BCUT2D eigenvalue weighted by molar-refractivity contribution is 5.80. The molecule has 0 radical (unpaired) electrons. The van der Waals surface area contributed by atoms with Crippen LogP contribution in [0.15, 0.2) is 35.9 Å². The van der Waals surface area contributed by atoms with Crippen LogP contribution in [0.1, 0.15) is 24.5 Å². The van der Waals surface area contributed by atoms with Gasteiger partial charge in [-0.2, -0.15) is 0 Å². The Labute approximate surface area is 108 Å².